The first kappa shape index (κ1) is 17.7. The Labute approximate surface area is 153 Å². The number of amides is 1. The highest BCUT2D eigenvalue weighted by Crippen LogP contribution is 2.22. The van der Waals surface area contributed by atoms with E-state index in [-0.39, 0.29) is 11.9 Å². The highest BCUT2D eigenvalue weighted by molar-refractivity contribution is 5.95. The minimum atomic E-state index is -0.0544. The van der Waals surface area contributed by atoms with Gasteiger partial charge in [-0.2, -0.15) is 0 Å². The average Bonchev–Trinajstić information content (AvgIpc) is 2.70. The molecule has 0 N–H and O–H groups in total. The third-order valence-electron chi connectivity index (χ3n) is 4.60. The second-order valence-electron chi connectivity index (χ2n) is 6.15. The summed E-state index contributed by atoms with van der Waals surface area (Å²) in [4.78, 5) is 18.7. The van der Waals surface area contributed by atoms with Gasteiger partial charge in [-0.15, -0.1) is 0 Å². The molecule has 1 heterocycles. The molecule has 4 nitrogen and oxygen atoms in total. The van der Waals surface area contributed by atoms with Crippen LogP contribution in [0.4, 0.5) is 0 Å². The van der Waals surface area contributed by atoms with Crippen LogP contribution in [0.15, 0.2) is 66.9 Å². The number of para-hydroxylation sites is 1. The van der Waals surface area contributed by atoms with Crippen molar-refractivity contribution in [3.05, 3.63) is 78.0 Å². The van der Waals surface area contributed by atoms with Crippen molar-refractivity contribution in [1.29, 1.82) is 0 Å². The molecule has 2 aromatic carbocycles. The molecule has 3 rings (SSSR count). The normalized spacial score (nSPS) is 12.3. The average molecular weight is 346 g/mol. The molecule has 0 fully saturated rings. The smallest absolute Gasteiger partial charge is 0.246 e. The molecule has 4 heteroatoms. The molecule has 3 aromatic rings. The Morgan fingerprint density at radius 3 is 2.58 bits per heavy atom. The molecule has 0 aliphatic heterocycles. The van der Waals surface area contributed by atoms with Crippen LogP contribution in [0.1, 0.15) is 24.1 Å². The lowest BCUT2D eigenvalue weighted by Gasteiger charge is -2.24. The maximum Gasteiger partial charge on any atom is 0.246 e. The predicted octanol–water partition coefficient (Wildman–Crippen LogP) is 4.48. The number of benzene rings is 2. The number of nitrogens with zero attached hydrogens (tertiary/aromatic N) is 2. The molecular weight excluding hydrogens is 324 g/mol. The van der Waals surface area contributed by atoms with E-state index in [0.29, 0.717) is 0 Å². The Balaban J connectivity index is 1.76. The van der Waals surface area contributed by atoms with Crippen molar-refractivity contribution in [1.82, 2.24) is 9.88 Å². The summed E-state index contributed by atoms with van der Waals surface area (Å²) >= 11 is 0. The van der Waals surface area contributed by atoms with Crippen molar-refractivity contribution in [3.63, 3.8) is 0 Å². The van der Waals surface area contributed by atoms with Crippen molar-refractivity contribution in [2.75, 3.05) is 14.2 Å². The number of likely N-dealkylation sites (N-methyl/N-ethyl adjacent to an activating group) is 1. The molecule has 0 aliphatic carbocycles. The number of carbonyl (C=O) groups excluding carboxylic acids is 1. The number of ether oxygens (including phenoxy) is 1. The van der Waals surface area contributed by atoms with Gasteiger partial charge in [0.25, 0.3) is 0 Å². The molecule has 1 unspecified atom stereocenters. The van der Waals surface area contributed by atoms with E-state index in [9.17, 15) is 4.79 Å². The van der Waals surface area contributed by atoms with Crippen molar-refractivity contribution in [2.45, 2.75) is 13.0 Å². The third kappa shape index (κ3) is 3.75. The molecule has 0 saturated heterocycles. The van der Waals surface area contributed by atoms with E-state index in [4.69, 9.17) is 4.74 Å². The lowest BCUT2D eigenvalue weighted by Crippen LogP contribution is -2.27. The van der Waals surface area contributed by atoms with E-state index in [1.165, 1.54) is 0 Å². The fraction of sp³-hybridized carbons (Fsp3) is 0.182. The van der Waals surface area contributed by atoms with E-state index in [2.05, 4.69) is 4.98 Å². The second kappa shape index (κ2) is 7.83. The molecule has 0 radical (unpaired) electrons. The highest BCUT2D eigenvalue weighted by atomic mass is 16.5. The van der Waals surface area contributed by atoms with Gasteiger partial charge in [0.1, 0.15) is 5.75 Å². The zero-order valence-corrected chi connectivity index (χ0v) is 15.2. The van der Waals surface area contributed by atoms with Crippen LogP contribution in [0.5, 0.6) is 5.75 Å². The quantitative estimate of drug-likeness (QED) is 0.640. The van der Waals surface area contributed by atoms with Gasteiger partial charge in [0.15, 0.2) is 0 Å². The molecule has 1 amide bonds. The molecule has 0 spiro atoms. The first-order valence-electron chi connectivity index (χ1n) is 8.52. The van der Waals surface area contributed by atoms with Crippen LogP contribution in [0, 0.1) is 0 Å². The number of pyridine rings is 1. The van der Waals surface area contributed by atoms with Gasteiger partial charge in [0.05, 0.1) is 18.7 Å². The van der Waals surface area contributed by atoms with Crippen LogP contribution >= 0.6 is 0 Å². The summed E-state index contributed by atoms with van der Waals surface area (Å²) in [6.07, 6.45) is 5.19. The lowest BCUT2D eigenvalue weighted by molar-refractivity contribution is -0.126. The van der Waals surface area contributed by atoms with Crippen molar-refractivity contribution in [3.8, 4) is 5.75 Å². The summed E-state index contributed by atoms with van der Waals surface area (Å²) in [5, 5.41) is 1.06. The Kier molecular flexibility index (Phi) is 5.32. The summed E-state index contributed by atoms with van der Waals surface area (Å²) in [7, 11) is 3.45. The number of fused-ring (bicyclic) bond motifs is 1. The van der Waals surface area contributed by atoms with E-state index in [0.717, 1.165) is 27.8 Å². The molecule has 0 saturated carbocycles. The van der Waals surface area contributed by atoms with E-state index >= 15 is 0 Å². The minimum Gasteiger partial charge on any atom is -0.497 e. The van der Waals surface area contributed by atoms with E-state index < -0.39 is 0 Å². The fourth-order valence-corrected chi connectivity index (χ4v) is 2.84. The standard InChI is InChI=1S/C22H22N2O2/c1-16(17-9-12-20(26-3)13-10-17)24(2)21(25)14-11-19-7-4-6-18-8-5-15-23-22(18)19/h4-16H,1-3H3/b14-11+. The van der Waals surface area contributed by atoms with Crippen LogP contribution in [0.2, 0.25) is 0 Å². The molecule has 0 bridgehead atoms. The fourth-order valence-electron chi connectivity index (χ4n) is 2.84. The van der Waals surface area contributed by atoms with Gasteiger partial charge in [-0.1, -0.05) is 36.4 Å². The monoisotopic (exact) mass is 346 g/mol. The van der Waals surface area contributed by atoms with Crippen LogP contribution in [0.3, 0.4) is 0 Å². The summed E-state index contributed by atoms with van der Waals surface area (Å²) in [6.45, 7) is 2.01. The van der Waals surface area contributed by atoms with Gasteiger partial charge in [-0.25, -0.2) is 0 Å². The summed E-state index contributed by atoms with van der Waals surface area (Å²) < 4.78 is 5.18. The Bertz CT molecular complexity index is 927. The zero-order valence-electron chi connectivity index (χ0n) is 15.2. The second-order valence-corrected chi connectivity index (χ2v) is 6.15. The van der Waals surface area contributed by atoms with Gasteiger partial charge in [0.2, 0.25) is 5.91 Å². The maximum absolute atomic E-state index is 12.6. The minimum absolute atomic E-state index is 0.0382. The number of hydrogen-bond donors (Lipinski definition) is 0. The Hall–Kier alpha value is -3.14. The summed E-state index contributed by atoms with van der Waals surface area (Å²) in [5.74, 6) is 0.750. The van der Waals surface area contributed by atoms with Gasteiger partial charge >= 0.3 is 0 Å². The molecule has 1 aromatic heterocycles. The summed E-state index contributed by atoms with van der Waals surface area (Å²) in [5.41, 5.74) is 2.88. The van der Waals surface area contributed by atoms with Gasteiger partial charge < -0.3 is 9.64 Å². The number of carbonyl (C=O) groups is 1. The molecule has 1 atom stereocenters. The molecule has 132 valence electrons. The first-order chi connectivity index (χ1) is 12.6. The number of aromatic nitrogens is 1. The number of hydrogen-bond acceptors (Lipinski definition) is 3. The van der Waals surface area contributed by atoms with E-state index in [1.807, 2.05) is 74.6 Å². The van der Waals surface area contributed by atoms with Crippen LogP contribution in [0.25, 0.3) is 17.0 Å². The molecule has 0 aliphatic rings. The largest absolute Gasteiger partial charge is 0.497 e. The maximum atomic E-state index is 12.6. The number of rotatable bonds is 5. The van der Waals surface area contributed by atoms with Crippen LogP contribution < -0.4 is 4.74 Å². The third-order valence-corrected chi connectivity index (χ3v) is 4.60. The lowest BCUT2D eigenvalue weighted by atomic mass is 10.1. The topological polar surface area (TPSA) is 42.4 Å². The van der Waals surface area contributed by atoms with Crippen molar-refractivity contribution < 1.29 is 9.53 Å². The van der Waals surface area contributed by atoms with Gasteiger partial charge in [-0.05, 0) is 36.8 Å². The SMILES string of the molecule is COc1ccc(C(C)N(C)C(=O)/C=C/c2cccc3cccnc23)cc1. The van der Waals surface area contributed by atoms with Crippen LogP contribution in [-0.4, -0.2) is 29.9 Å². The molecular formula is C22H22N2O2. The van der Waals surface area contributed by atoms with Crippen LogP contribution in [-0.2, 0) is 4.79 Å². The Morgan fingerprint density at radius 1 is 1.12 bits per heavy atom. The van der Waals surface area contributed by atoms with Crippen molar-refractivity contribution in [2.24, 2.45) is 0 Å². The van der Waals surface area contributed by atoms with Gasteiger partial charge in [-0.3, -0.25) is 9.78 Å². The van der Waals surface area contributed by atoms with E-state index in [1.54, 1.807) is 24.3 Å². The zero-order chi connectivity index (χ0) is 18.5. The first-order valence-corrected chi connectivity index (χ1v) is 8.52. The van der Waals surface area contributed by atoms with Crippen molar-refractivity contribution >= 4 is 22.9 Å². The summed E-state index contributed by atoms with van der Waals surface area (Å²) in [6, 6.07) is 17.6. The Morgan fingerprint density at radius 2 is 1.85 bits per heavy atom. The molecule has 26 heavy (non-hydrogen) atoms. The highest BCUT2D eigenvalue weighted by Gasteiger charge is 2.15. The van der Waals surface area contributed by atoms with Gasteiger partial charge in [0, 0.05) is 30.3 Å². The predicted molar refractivity (Wildman–Crippen MR) is 105 cm³/mol. The number of methoxy groups -OCH3 is 1.